The van der Waals surface area contributed by atoms with E-state index >= 15 is 0 Å². The van der Waals surface area contributed by atoms with E-state index in [1.165, 1.54) is 11.8 Å². The molecule has 0 spiro atoms. The Hall–Kier alpha value is 0.250. The normalized spacial score (nSPS) is 13.2. The first-order valence-corrected chi connectivity index (χ1v) is 16.3. The highest BCUT2D eigenvalue weighted by Crippen LogP contribution is 2.70. The van der Waals surface area contributed by atoms with E-state index in [1.807, 2.05) is 99.6 Å². The molecule has 0 saturated heterocycles. The van der Waals surface area contributed by atoms with Crippen LogP contribution >= 0.6 is 37.5 Å². The highest BCUT2D eigenvalue weighted by Gasteiger charge is 2.39. The van der Waals surface area contributed by atoms with Crippen LogP contribution in [0.5, 0.6) is 0 Å². The minimum atomic E-state index is -3.60. The van der Waals surface area contributed by atoms with Gasteiger partial charge in [-0.1, -0.05) is 30.0 Å². The molecule has 0 aliphatic heterocycles. The lowest BCUT2D eigenvalue weighted by atomic mass is 10.4. The topological polar surface area (TPSA) is 63.2 Å². The van der Waals surface area contributed by atoms with Gasteiger partial charge in [0.2, 0.25) is 0 Å². The molecule has 1 rings (SSSR count). The Morgan fingerprint density at radius 3 is 1.38 bits per heavy atom. The summed E-state index contributed by atoms with van der Waals surface area (Å²) in [5.74, 6) is 0. The maximum atomic E-state index is 13.9. The average Bonchev–Trinajstić information content (AvgIpc) is 2.58. The lowest BCUT2D eigenvalue weighted by molar-refractivity contribution is 0.0897. The first-order chi connectivity index (χ1) is 14.8. The third-order valence-electron chi connectivity index (χ3n) is 3.09. The van der Waals surface area contributed by atoms with Gasteiger partial charge in [-0.25, -0.2) is 4.57 Å². The molecule has 1 aromatic rings. The van der Waals surface area contributed by atoms with Gasteiger partial charge in [-0.15, -0.1) is 0 Å². The second-order valence-corrected chi connectivity index (χ2v) is 16.3. The van der Waals surface area contributed by atoms with Crippen molar-refractivity contribution in [3.8, 4) is 0 Å². The number of rotatable bonds is 14. The third-order valence-corrected chi connectivity index (χ3v) is 13.0. The van der Waals surface area contributed by atoms with Crippen molar-refractivity contribution >= 4 is 41.5 Å². The van der Waals surface area contributed by atoms with Gasteiger partial charge in [0.05, 0.1) is 30.5 Å². The molecule has 0 bridgehead atoms. The second kappa shape index (κ2) is 14.0. The number of benzene rings is 1. The van der Waals surface area contributed by atoms with E-state index in [0.29, 0.717) is 3.96 Å². The Morgan fingerprint density at radius 2 is 1.03 bits per heavy atom. The van der Waals surface area contributed by atoms with Crippen LogP contribution in [0.1, 0.15) is 69.2 Å². The van der Waals surface area contributed by atoms with Gasteiger partial charge in [-0.05, 0) is 81.4 Å². The van der Waals surface area contributed by atoms with Crippen LogP contribution in [0.2, 0.25) is 0 Å². The summed E-state index contributed by atoms with van der Waals surface area (Å²) in [6, 6.07) is 9.83. The smallest absolute Gasteiger partial charge is 0.313 e. The monoisotopic (exact) mass is 526 g/mol. The van der Waals surface area contributed by atoms with Crippen LogP contribution in [0.4, 0.5) is 0 Å². The Balaban J connectivity index is 3.78. The fourth-order valence-electron chi connectivity index (χ4n) is 2.43. The summed E-state index contributed by atoms with van der Waals surface area (Å²) in [7, 11) is -3.11. The summed E-state index contributed by atoms with van der Waals surface area (Å²) in [4.78, 5) is 0.951. The van der Waals surface area contributed by atoms with Crippen molar-refractivity contribution in [2.75, 3.05) is 0 Å². The van der Waals surface area contributed by atoms with Crippen molar-refractivity contribution in [3.05, 3.63) is 30.3 Å². The first-order valence-electron chi connectivity index (χ1n) is 11.0. The highest BCUT2D eigenvalue weighted by molar-refractivity contribution is 8.71. The van der Waals surface area contributed by atoms with E-state index < -0.39 is 14.4 Å². The molecule has 0 fully saturated rings. The fourth-order valence-corrected chi connectivity index (χ4v) is 13.6. The average molecular weight is 527 g/mol. The lowest BCUT2D eigenvalue weighted by Gasteiger charge is -2.34. The van der Waals surface area contributed by atoms with Gasteiger partial charge in [0, 0.05) is 16.3 Å². The largest absolute Gasteiger partial charge is 0.395 e. The Labute approximate surface area is 203 Å². The predicted molar refractivity (Wildman–Crippen MR) is 141 cm³/mol. The molecule has 0 aliphatic rings. The Morgan fingerprint density at radius 1 is 0.656 bits per heavy atom. The predicted octanol–water partition coefficient (Wildman–Crippen LogP) is 8.60. The van der Waals surface area contributed by atoms with Crippen molar-refractivity contribution in [1.29, 1.82) is 0 Å². The van der Waals surface area contributed by atoms with E-state index in [2.05, 4.69) is 0 Å². The van der Waals surface area contributed by atoms with E-state index in [4.69, 9.17) is 22.6 Å². The van der Waals surface area contributed by atoms with Crippen LogP contribution in [0, 0.1) is 0 Å². The highest BCUT2D eigenvalue weighted by atomic mass is 32.7. The van der Waals surface area contributed by atoms with Gasteiger partial charge in [-0.2, -0.15) is 0 Å². The zero-order chi connectivity index (χ0) is 24.5. The molecular formula is C22H40O6P2S2. The molecule has 0 aromatic heterocycles. The van der Waals surface area contributed by atoms with Crippen molar-refractivity contribution in [1.82, 2.24) is 0 Å². The number of hydrogen-bond acceptors (Lipinski definition) is 8. The van der Waals surface area contributed by atoms with Crippen LogP contribution in [-0.2, 0) is 27.2 Å². The summed E-state index contributed by atoms with van der Waals surface area (Å²) in [5, 5.41) is 0. The van der Waals surface area contributed by atoms with Gasteiger partial charge >= 0.3 is 6.80 Å². The third kappa shape index (κ3) is 11.1. The second-order valence-electron chi connectivity index (χ2n) is 8.49. The van der Waals surface area contributed by atoms with Gasteiger partial charge in [-0.3, -0.25) is 9.05 Å². The van der Waals surface area contributed by atoms with E-state index in [9.17, 15) is 4.57 Å². The van der Waals surface area contributed by atoms with Gasteiger partial charge < -0.3 is 13.6 Å². The van der Waals surface area contributed by atoms with E-state index in [0.717, 1.165) is 16.3 Å². The standard InChI is InChI=1S/C22H40O6P2S2/c1-16(2)24-29(25-17(3)4,26-18(5)6)22(31-21-14-12-11-13-15-21)32-30(23,27-19(7)8)28-20(9)10/h11-20H,1-10H3. The van der Waals surface area contributed by atoms with Gasteiger partial charge in [0.25, 0.3) is 7.57 Å². The molecule has 0 unspecified atom stereocenters. The molecule has 6 nitrogen and oxygen atoms in total. The molecule has 0 aliphatic carbocycles. The van der Waals surface area contributed by atoms with Gasteiger partial charge in [0.1, 0.15) is 3.96 Å². The SMILES string of the molecule is CC(C)OP(=O)(OC(C)C)SC(Sc1ccccc1)=P(OC(C)C)(OC(C)C)OC(C)C. The van der Waals surface area contributed by atoms with Crippen LogP contribution in [0.25, 0.3) is 0 Å². The summed E-state index contributed by atoms with van der Waals surface area (Å²) >= 11 is 2.47. The summed E-state index contributed by atoms with van der Waals surface area (Å²) < 4.78 is 45.4. The maximum absolute atomic E-state index is 13.9. The molecule has 0 amide bonds. The molecule has 1 aromatic carbocycles. The summed E-state index contributed by atoms with van der Waals surface area (Å²) in [6.45, 7) is 15.4. The lowest BCUT2D eigenvalue weighted by Crippen LogP contribution is -2.17. The molecular weight excluding hydrogens is 486 g/mol. The maximum Gasteiger partial charge on any atom is 0.395 e. The molecule has 0 atom stereocenters. The minimum Gasteiger partial charge on any atom is -0.313 e. The molecule has 0 saturated carbocycles. The van der Waals surface area contributed by atoms with Gasteiger partial charge in [0.15, 0.2) is 0 Å². The first kappa shape index (κ1) is 30.3. The fraction of sp³-hybridized carbons (Fsp3) is 0.682. The molecule has 0 heterocycles. The van der Waals surface area contributed by atoms with Crippen molar-refractivity contribution in [2.24, 2.45) is 0 Å². The van der Waals surface area contributed by atoms with E-state index in [1.54, 1.807) is 0 Å². The summed E-state index contributed by atoms with van der Waals surface area (Å²) in [6.07, 6.45) is -1.10. The van der Waals surface area contributed by atoms with Crippen molar-refractivity contribution in [3.63, 3.8) is 0 Å². The number of thioether (sulfide) groups is 1. The molecule has 0 radical (unpaired) electrons. The van der Waals surface area contributed by atoms with Crippen LogP contribution in [-0.4, -0.2) is 34.5 Å². The van der Waals surface area contributed by atoms with E-state index in [-0.39, 0.29) is 30.5 Å². The molecule has 10 heteroatoms. The van der Waals surface area contributed by atoms with Crippen LogP contribution in [0.15, 0.2) is 35.2 Å². The Kier molecular flexibility index (Phi) is 13.2. The molecule has 32 heavy (non-hydrogen) atoms. The van der Waals surface area contributed by atoms with Crippen molar-refractivity contribution in [2.45, 2.75) is 105 Å². The summed E-state index contributed by atoms with van der Waals surface area (Å²) in [5.41, 5.74) is 0. The molecule has 0 N–H and O–H groups in total. The zero-order valence-electron chi connectivity index (χ0n) is 20.9. The Bertz CT molecular complexity index is 735. The molecule has 186 valence electrons. The van der Waals surface area contributed by atoms with Crippen LogP contribution < -0.4 is 0 Å². The quantitative estimate of drug-likeness (QED) is 0.176. The van der Waals surface area contributed by atoms with Crippen molar-refractivity contribution < 1.29 is 27.2 Å². The van der Waals surface area contributed by atoms with Crippen LogP contribution in [0.3, 0.4) is 0 Å². The zero-order valence-corrected chi connectivity index (χ0v) is 24.4. The minimum absolute atomic E-state index is 0.177. The number of hydrogen-bond donors (Lipinski definition) is 0.